The number of carbonyl (C=O) groups excluding carboxylic acids is 1. The number of aryl methyl sites for hydroxylation is 1. The molecular formula is C19H24N2O4S2. The molecule has 0 unspecified atom stereocenters. The van der Waals surface area contributed by atoms with Crippen LogP contribution in [0.25, 0.3) is 0 Å². The van der Waals surface area contributed by atoms with Gasteiger partial charge in [-0.05, 0) is 44.2 Å². The van der Waals surface area contributed by atoms with Crippen molar-refractivity contribution in [2.45, 2.75) is 28.9 Å². The van der Waals surface area contributed by atoms with Gasteiger partial charge in [-0.1, -0.05) is 17.7 Å². The Morgan fingerprint density at radius 3 is 2.33 bits per heavy atom. The molecular weight excluding hydrogens is 384 g/mol. The van der Waals surface area contributed by atoms with Crippen molar-refractivity contribution in [1.82, 2.24) is 4.31 Å². The van der Waals surface area contributed by atoms with Crippen LogP contribution in [0.5, 0.6) is 5.75 Å². The normalized spacial score (nSPS) is 12.7. The van der Waals surface area contributed by atoms with Crippen molar-refractivity contribution in [3.8, 4) is 5.75 Å². The molecule has 0 aliphatic rings. The van der Waals surface area contributed by atoms with E-state index in [0.29, 0.717) is 11.4 Å². The number of amides is 1. The fourth-order valence-corrected chi connectivity index (χ4v) is 4.06. The fraction of sp³-hybridized carbons (Fsp3) is 0.316. The lowest BCUT2D eigenvalue weighted by molar-refractivity contribution is -0.115. The quantitative estimate of drug-likeness (QED) is 0.711. The maximum absolute atomic E-state index is 12.6. The number of rotatable bonds is 7. The Morgan fingerprint density at radius 2 is 1.78 bits per heavy atom. The molecule has 0 saturated heterocycles. The number of ether oxygens (including phenoxy) is 1. The van der Waals surface area contributed by atoms with E-state index in [4.69, 9.17) is 4.74 Å². The Hall–Kier alpha value is -2.03. The van der Waals surface area contributed by atoms with Gasteiger partial charge in [-0.3, -0.25) is 4.79 Å². The summed E-state index contributed by atoms with van der Waals surface area (Å²) in [7, 11) is 0.769. The number of carbonyl (C=O) groups is 1. The number of hydrogen-bond donors (Lipinski definition) is 1. The van der Waals surface area contributed by atoms with E-state index in [1.54, 1.807) is 6.92 Å². The van der Waals surface area contributed by atoms with E-state index in [1.165, 1.54) is 51.2 Å². The van der Waals surface area contributed by atoms with Gasteiger partial charge in [-0.15, -0.1) is 11.8 Å². The Bertz CT molecular complexity index is 910. The molecule has 1 amide bonds. The molecule has 0 bridgehead atoms. The number of nitrogens with zero attached hydrogens (tertiary/aromatic N) is 1. The van der Waals surface area contributed by atoms with Gasteiger partial charge in [0.15, 0.2) is 0 Å². The SMILES string of the molecule is COc1ccc(S(=O)(=O)N(C)C)cc1NC(=O)[C@H](C)Sc1ccc(C)cc1. The molecule has 0 aromatic heterocycles. The summed E-state index contributed by atoms with van der Waals surface area (Å²) < 4.78 is 31.1. The molecule has 0 aliphatic carbocycles. The van der Waals surface area contributed by atoms with Crippen LogP contribution in [0.15, 0.2) is 52.3 Å². The minimum atomic E-state index is -3.61. The first-order chi connectivity index (χ1) is 12.6. The molecule has 0 aliphatic heterocycles. The van der Waals surface area contributed by atoms with Crippen molar-refractivity contribution in [3.05, 3.63) is 48.0 Å². The second-order valence-corrected chi connectivity index (χ2v) is 9.78. The summed E-state index contributed by atoms with van der Waals surface area (Å²) in [6.07, 6.45) is 0. The van der Waals surface area contributed by atoms with Gasteiger partial charge < -0.3 is 10.1 Å². The van der Waals surface area contributed by atoms with Gasteiger partial charge in [-0.25, -0.2) is 12.7 Å². The second-order valence-electron chi connectivity index (χ2n) is 6.21. The minimum Gasteiger partial charge on any atom is -0.495 e. The summed E-state index contributed by atoms with van der Waals surface area (Å²) in [6, 6.07) is 12.3. The highest BCUT2D eigenvalue weighted by Gasteiger charge is 2.21. The van der Waals surface area contributed by atoms with Gasteiger partial charge in [0.2, 0.25) is 15.9 Å². The summed E-state index contributed by atoms with van der Waals surface area (Å²) in [5, 5.41) is 2.41. The number of benzene rings is 2. The molecule has 2 rings (SSSR count). The molecule has 146 valence electrons. The van der Waals surface area contributed by atoms with Crippen LogP contribution in [0.2, 0.25) is 0 Å². The van der Waals surface area contributed by atoms with E-state index in [1.807, 2.05) is 31.2 Å². The second kappa shape index (κ2) is 8.77. The van der Waals surface area contributed by atoms with Crippen molar-refractivity contribution in [2.24, 2.45) is 0 Å². The third kappa shape index (κ3) is 5.24. The molecule has 6 nitrogen and oxygen atoms in total. The molecule has 0 heterocycles. The van der Waals surface area contributed by atoms with Crippen molar-refractivity contribution < 1.29 is 17.9 Å². The van der Waals surface area contributed by atoms with Crippen LogP contribution in [0.4, 0.5) is 5.69 Å². The van der Waals surface area contributed by atoms with E-state index in [2.05, 4.69) is 5.32 Å². The fourth-order valence-electron chi connectivity index (χ4n) is 2.26. The number of anilines is 1. The van der Waals surface area contributed by atoms with Crippen molar-refractivity contribution in [3.63, 3.8) is 0 Å². The average Bonchev–Trinajstić information content (AvgIpc) is 2.63. The summed E-state index contributed by atoms with van der Waals surface area (Å²) in [4.78, 5) is 13.7. The Kier molecular flexibility index (Phi) is 6.91. The van der Waals surface area contributed by atoms with Crippen LogP contribution >= 0.6 is 11.8 Å². The minimum absolute atomic E-state index is 0.0856. The third-order valence-electron chi connectivity index (χ3n) is 3.91. The highest BCUT2D eigenvalue weighted by Crippen LogP contribution is 2.30. The van der Waals surface area contributed by atoms with Gasteiger partial charge in [-0.2, -0.15) is 0 Å². The maximum Gasteiger partial charge on any atom is 0.242 e. The lowest BCUT2D eigenvalue weighted by atomic mass is 10.2. The summed E-state index contributed by atoms with van der Waals surface area (Å²) in [5.74, 6) is 0.159. The van der Waals surface area contributed by atoms with Crippen molar-refractivity contribution in [1.29, 1.82) is 0 Å². The average molecular weight is 409 g/mol. The van der Waals surface area contributed by atoms with E-state index in [-0.39, 0.29) is 16.1 Å². The first-order valence-electron chi connectivity index (χ1n) is 8.30. The van der Waals surface area contributed by atoms with Crippen LogP contribution in [0, 0.1) is 6.92 Å². The predicted molar refractivity (Wildman–Crippen MR) is 109 cm³/mol. The van der Waals surface area contributed by atoms with Gasteiger partial charge in [0.05, 0.1) is 22.9 Å². The molecule has 0 fully saturated rings. The van der Waals surface area contributed by atoms with Crippen LogP contribution in [0.1, 0.15) is 12.5 Å². The first-order valence-corrected chi connectivity index (χ1v) is 10.6. The van der Waals surface area contributed by atoms with Crippen molar-refractivity contribution in [2.75, 3.05) is 26.5 Å². The van der Waals surface area contributed by atoms with Gasteiger partial charge in [0.25, 0.3) is 0 Å². The summed E-state index contributed by atoms with van der Waals surface area (Å²) in [5.41, 5.74) is 1.47. The van der Waals surface area contributed by atoms with Gasteiger partial charge in [0.1, 0.15) is 5.75 Å². The van der Waals surface area contributed by atoms with E-state index in [9.17, 15) is 13.2 Å². The van der Waals surface area contributed by atoms with E-state index < -0.39 is 10.0 Å². The lowest BCUT2D eigenvalue weighted by Gasteiger charge is -2.17. The van der Waals surface area contributed by atoms with Gasteiger partial charge >= 0.3 is 0 Å². The van der Waals surface area contributed by atoms with Crippen LogP contribution in [-0.2, 0) is 14.8 Å². The van der Waals surface area contributed by atoms with E-state index in [0.717, 1.165) is 14.8 Å². The molecule has 8 heteroatoms. The van der Waals surface area contributed by atoms with E-state index >= 15 is 0 Å². The number of sulfonamides is 1. The largest absolute Gasteiger partial charge is 0.495 e. The van der Waals surface area contributed by atoms with Crippen LogP contribution in [0.3, 0.4) is 0 Å². The first kappa shape index (κ1) is 21.3. The zero-order valence-corrected chi connectivity index (χ0v) is 17.6. The van der Waals surface area contributed by atoms with Crippen LogP contribution < -0.4 is 10.1 Å². The standard InChI is InChI=1S/C19H24N2O4S2/c1-13-6-8-15(9-7-13)26-14(2)19(22)20-17-12-16(10-11-18(17)25-5)27(23,24)21(3)4/h6-12,14H,1-5H3,(H,20,22)/t14-/m0/s1. The monoisotopic (exact) mass is 408 g/mol. The molecule has 0 saturated carbocycles. The molecule has 2 aromatic carbocycles. The zero-order chi connectivity index (χ0) is 20.2. The summed E-state index contributed by atoms with van der Waals surface area (Å²) in [6.45, 7) is 3.80. The number of hydrogen-bond acceptors (Lipinski definition) is 5. The lowest BCUT2D eigenvalue weighted by Crippen LogP contribution is -2.24. The Morgan fingerprint density at radius 1 is 1.15 bits per heavy atom. The molecule has 0 spiro atoms. The van der Waals surface area contributed by atoms with Crippen molar-refractivity contribution >= 4 is 33.4 Å². The Balaban J connectivity index is 2.21. The predicted octanol–water partition coefficient (Wildman–Crippen LogP) is 3.37. The zero-order valence-electron chi connectivity index (χ0n) is 16.0. The maximum atomic E-state index is 12.6. The van der Waals surface area contributed by atoms with Crippen LogP contribution in [-0.4, -0.2) is 45.1 Å². The third-order valence-corrected chi connectivity index (χ3v) is 6.83. The number of methoxy groups -OCH3 is 1. The molecule has 2 aromatic rings. The highest BCUT2D eigenvalue weighted by molar-refractivity contribution is 8.00. The highest BCUT2D eigenvalue weighted by atomic mass is 32.2. The molecule has 1 atom stereocenters. The topological polar surface area (TPSA) is 75.7 Å². The molecule has 0 radical (unpaired) electrons. The number of nitrogens with one attached hydrogen (secondary N) is 1. The molecule has 27 heavy (non-hydrogen) atoms. The van der Waals surface area contributed by atoms with Gasteiger partial charge in [0, 0.05) is 19.0 Å². The smallest absolute Gasteiger partial charge is 0.242 e. The molecule has 1 N–H and O–H groups in total. The number of thioether (sulfide) groups is 1. The Labute approximate surface area is 165 Å². The summed E-state index contributed by atoms with van der Waals surface area (Å²) >= 11 is 1.43.